The summed E-state index contributed by atoms with van der Waals surface area (Å²) >= 11 is 2.13. The SMILES string of the molecule is CC1C(=O)CC[C@@]2(C)[C@H]1C[C@H](C)[C@H]1[C@@H]3C[C@H](Sc4ccccc4)C[C@@]3(C)CC[C@@H]12. The molecular formula is C27H38OS. The number of rotatable bonds is 2. The van der Waals surface area contributed by atoms with Gasteiger partial charge < -0.3 is 0 Å². The number of thioether (sulfide) groups is 1. The van der Waals surface area contributed by atoms with Crippen LogP contribution < -0.4 is 0 Å². The van der Waals surface area contributed by atoms with Crippen molar-refractivity contribution >= 4 is 17.5 Å². The van der Waals surface area contributed by atoms with Gasteiger partial charge in [-0.05, 0) is 91.1 Å². The number of carbonyl (C=O) groups is 1. The van der Waals surface area contributed by atoms with Crippen molar-refractivity contribution in [3.05, 3.63) is 30.3 Å². The average Bonchev–Trinajstić information content (AvgIpc) is 3.03. The van der Waals surface area contributed by atoms with Gasteiger partial charge in [-0.25, -0.2) is 0 Å². The van der Waals surface area contributed by atoms with E-state index in [0.717, 1.165) is 41.8 Å². The van der Waals surface area contributed by atoms with Crippen LogP contribution in [0.25, 0.3) is 0 Å². The second-order valence-electron chi connectivity index (χ2n) is 11.6. The molecule has 2 heteroatoms. The lowest BCUT2D eigenvalue weighted by Crippen LogP contribution is -2.57. The highest BCUT2D eigenvalue weighted by Crippen LogP contribution is 2.68. The van der Waals surface area contributed by atoms with Crippen LogP contribution >= 0.6 is 11.8 Å². The third-order valence-corrected chi connectivity index (χ3v) is 11.3. The van der Waals surface area contributed by atoms with Crippen LogP contribution in [-0.2, 0) is 4.79 Å². The maximum atomic E-state index is 12.5. The zero-order valence-electron chi connectivity index (χ0n) is 18.7. The van der Waals surface area contributed by atoms with E-state index in [4.69, 9.17) is 0 Å². The third kappa shape index (κ3) is 3.15. The number of fused-ring (bicyclic) bond motifs is 5. The predicted octanol–water partition coefficient (Wildman–Crippen LogP) is 7.25. The van der Waals surface area contributed by atoms with Crippen molar-refractivity contribution in [2.75, 3.05) is 0 Å². The average molecular weight is 411 g/mol. The molecule has 1 aromatic carbocycles. The second-order valence-corrected chi connectivity index (χ2v) is 12.9. The van der Waals surface area contributed by atoms with Gasteiger partial charge in [0.15, 0.2) is 0 Å². The van der Waals surface area contributed by atoms with Crippen molar-refractivity contribution in [2.24, 2.45) is 46.3 Å². The summed E-state index contributed by atoms with van der Waals surface area (Å²) in [7, 11) is 0. The van der Waals surface area contributed by atoms with E-state index in [0.29, 0.717) is 22.5 Å². The highest BCUT2D eigenvalue weighted by Gasteiger charge is 2.62. The Labute approximate surface area is 181 Å². The fourth-order valence-electron chi connectivity index (χ4n) is 8.63. The second kappa shape index (κ2) is 7.14. The summed E-state index contributed by atoms with van der Waals surface area (Å²) in [6, 6.07) is 11.1. The molecule has 1 unspecified atom stereocenters. The minimum Gasteiger partial charge on any atom is -0.299 e. The first-order valence-electron chi connectivity index (χ1n) is 12.1. The molecule has 4 fully saturated rings. The molecule has 0 aromatic heterocycles. The van der Waals surface area contributed by atoms with E-state index in [-0.39, 0.29) is 5.92 Å². The Bertz CT molecular complexity index is 774. The van der Waals surface area contributed by atoms with Crippen LogP contribution in [-0.4, -0.2) is 11.0 Å². The highest BCUT2D eigenvalue weighted by molar-refractivity contribution is 8.00. The highest BCUT2D eigenvalue weighted by atomic mass is 32.2. The van der Waals surface area contributed by atoms with Gasteiger partial charge in [0.2, 0.25) is 0 Å². The molecule has 0 amide bonds. The minimum atomic E-state index is 0.287. The van der Waals surface area contributed by atoms with E-state index in [1.54, 1.807) is 0 Å². The summed E-state index contributed by atoms with van der Waals surface area (Å²) in [5.74, 6) is 4.82. The molecule has 0 aliphatic heterocycles. The number of hydrogen-bond donors (Lipinski definition) is 0. The topological polar surface area (TPSA) is 17.1 Å². The Balaban J connectivity index is 1.41. The van der Waals surface area contributed by atoms with Crippen LogP contribution in [0.1, 0.15) is 72.6 Å². The van der Waals surface area contributed by atoms with Crippen LogP contribution in [0.15, 0.2) is 35.2 Å². The van der Waals surface area contributed by atoms with E-state index < -0.39 is 0 Å². The maximum Gasteiger partial charge on any atom is 0.136 e. The maximum absolute atomic E-state index is 12.5. The van der Waals surface area contributed by atoms with Gasteiger partial charge >= 0.3 is 0 Å². The van der Waals surface area contributed by atoms with E-state index in [2.05, 4.69) is 69.8 Å². The van der Waals surface area contributed by atoms with Crippen molar-refractivity contribution in [1.29, 1.82) is 0 Å². The first-order chi connectivity index (χ1) is 13.8. The van der Waals surface area contributed by atoms with Crippen LogP contribution in [0.5, 0.6) is 0 Å². The quantitative estimate of drug-likeness (QED) is 0.510. The zero-order chi connectivity index (χ0) is 20.4. The van der Waals surface area contributed by atoms with E-state index in [1.165, 1.54) is 37.0 Å². The van der Waals surface area contributed by atoms with E-state index in [1.807, 2.05) is 0 Å². The Morgan fingerprint density at radius 2 is 1.72 bits per heavy atom. The molecule has 0 spiro atoms. The molecule has 0 bridgehead atoms. The monoisotopic (exact) mass is 410 g/mol. The Hall–Kier alpha value is -0.760. The smallest absolute Gasteiger partial charge is 0.136 e. The molecule has 4 aliphatic carbocycles. The summed E-state index contributed by atoms with van der Waals surface area (Å²) in [6.45, 7) is 9.98. The molecule has 0 heterocycles. The fourth-order valence-corrected chi connectivity index (χ4v) is 10.1. The van der Waals surface area contributed by atoms with Crippen molar-refractivity contribution in [1.82, 2.24) is 0 Å². The van der Waals surface area contributed by atoms with Gasteiger partial charge in [-0.2, -0.15) is 0 Å². The third-order valence-electron chi connectivity index (χ3n) is 10.1. The Kier molecular flexibility index (Phi) is 4.97. The lowest BCUT2D eigenvalue weighted by Gasteiger charge is -2.62. The lowest BCUT2D eigenvalue weighted by molar-refractivity contribution is -0.157. The van der Waals surface area contributed by atoms with Crippen molar-refractivity contribution < 1.29 is 4.79 Å². The first kappa shape index (κ1) is 20.2. The van der Waals surface area contributed by atoms with Crippen LogP contribution in [0.2, 0.25) is 0 Å². The van der Waals surface area contributed by atoms with Gasteiger partial charge in [0.25, 0.3) is 0 Å². The summed E-state index contributed by atoms with van der Waals surface area (Å²) in [4.78, 5) is 13.9. The van der Waals surface area contributed by atoms with Gasteiger partial charge in [-0.15, -0.1) is 11.8 Å². The van der Waals surface area contributed by atoms with Crippen molar-refractivity contribution in [3.63, 3.8) is 0 Å². The van der Waals surface area contributed by atoms with Gasteiger partial charge in [-0.3, -0.25) is 4.79 Å². The minimum absolute atomic E-state index is 0.287. The van der Waals surface area contributed by atoms with Crippen LogP contribution in [0.4, 0.5) is 0 Å². The summed E-state index contributed by atoms with van der Waals surface area (Å²) in [5.41, 5.74) is 0.928. The van der Waals surface area contributed by atoms with E-state index >= 15 is 0 Å². The molecule has 4 saturated carbocycles. The molecule has 1 nitrogen and oxygen atoms in total. The van der Waals surface area contributed by atoms with Crippen LogP contribution in [0.3, 0.4) is 0 Å². The molecule has 5 rings (SSSR count). The number of carbonyl (C=O) groups excluding carboxylic acids is 1. The lowest BCUT2D eigenvalue weighted by atomic mass is 9.42. The van der Waals surface area contributed by atoms with Gasteiger partial charge in [0, 0.05) is 22.5 Å². The molecule has 4 aliphatic rings. The molecule has 0 saturated heterocycles. The molecule has 0 N–H and O–H groups in total. The summed E-state index contributed by atoms with van der Waals surface area (Å²) in [6.07, 6.45) is 8.87. The standard InChI is InChI=1S/C27H38OS/c1-17-14-22-18(2)24(28)11-13-27(22,4)21-10-12-26(3)16-20(15-23(26)25(17)21)29-19-8-6-5-7-9-19/h5-9,17-18,20-23,25H,10-16H2,1-4H3/t17-,18?,20-,21-,22-,23-,25+,26+,27+/m0/s1. The number of benzene rings is 1. The predicted molar refractivity (Wildman–Crippen MR) is 122 cm³/mol. The first-order valence-corrected chi connectivity index (χ1v) is 12.9. The molecule has 9 atom stereocenters. The normalized spacial score (nSPS) is 49.2. The molecule has 158 valence electrons. The molecular weight excluding hydrogens is 372 g/mol. The fraction of sp³-hybridized carbons (Fsp3) is 0.741. The van der Waals surface area contributed by atoms with Crippen LogP contribution in [0, 0.1) is 46.3 Å². The number of Topliss-reactive ketones (excluding diaryl/α,β-unsaturated/α-hetero) is 1. The van der Waals surface area contributed by atoms with Gasteiger partial charge in [-0.1, -0.05) is 45.9 Å². The van der Waals surface area contributed by atoms with Gasteiger partial charge in [0.05, 0.1) is 0 Å². The molecule has 0 radical (unpaired) electrons. The zero-order valence-corrected chi connectivity index (χ0v) is 19.5. The summed E-state index contributed by atoms with van der Waals surface area (Å²) < 4.78 is 0. The molecule has 29 heavy (non-hydrogen) atoms. The van der Waals surface area contributed by atoms with Gasteiger partial charge in [0.1, 0.15) is 5.78 Å². The van der Waals surface area contributed by atoms with E-state index in [9.17, 15) is 4.79 Å². The number of ketones is 1. The molecule has 1 aromatic rings. The number of hydrogen-bond acceptors (Lipinski definition) is 2. The summed E-state index contributed by atoms with van der Waals surface area (Å²) in [5, 5.41) is 0.774. The largest absolute Gasteiger partial charge is 0.299 e. The van der Waals surface area contributed by atoms with Crippen molar-refractivity contribution in [3.8, 4) is 0 Å². The Morgan fingerprint density at radius 3 is 2.48 bits per heavy atom. The Morgan fingerprint density at radius 1 is 0.966 bits per heavy atom. The van der Waals surface area contributed by atoms with Crippen molar-refractivity contribution in [2.45, 2.75) is 82.8 Å².